The maximum Gasteiger partial charge on any atom is 0.266 e. The Morgan fingerprint density at radius 2 is 1.93 bits per heavy atom. The van der Waals surface area contributed by atoms with E-state index in [2.05, 4.69) is 21.2 Å². The monoisotopic (exact) mass is 427 g/mol. The van der Waals surface area contributed by atoms with Gasteiger partial charge in [-0.15, -0.1) is 0 Å². The summed E-state index contributed by atoms with van der Waals surface area (Å²) in [5, 5.41) is 12.1. The zero-order chi connectivity index (χ0) is 19.4. The fourth-order valence-corrected chi connectivity index (χ4v) is 3.34. The van der Waals surface area contributed by atoms with E-state index in [1.165, 1.54) is 12.1 Å². The first-order valence-electron chi connectivity index (χ1n) is 8.72. The highest BCUT2D eigenvalue weighted by molar-refractivity contribution is 9.10. The van der Waals surface area contributed by atoms with Crippen molar-refractivity contribution in [3.05, 3.63) is 63.4 Å². The number of benzene rings is 2. The molecule has 1 amide bonds. The SMILES string of the molecule is Cc1cc(N2CCCC2)c(F)cc1/C=C(/C#N)C(=O)Nc1ccc(Br)cc1. The van der Waals surface area contributed by atoms with Gasteiger partial charge in [-0.1, -0.05) is 15.9 Å². The minimum absolute atomic E-state index is 0.0747. The Morgan fingerprint density at radius 1 is 1.26 bits per heavy atom. The smallest absolute Gasteiger partial charge is 0.266 e. The number of hydrogen-bond donors (Lipinski definition) is 1. The van der Waals surface area contributed by atoms with Crippen molar-refractivity contribution in [2.75, 3.05) is 23.3 Å². The van der Waals surface area contributed by atoms with E-state index in [0.29, 0.717) is 16.9 Å². The quantitative estimate of drug-likeness (QED) is 0.548. The summed E-state index contributed by atoms with van der Waals surface area (Å²) >= 11 is 3.33. The van der Waals surface area contributed by atoms with Gasteiger partial charge in [-0.3, -0.25) is 4.79 Å². The van der Waals surface area contributed by atoms with Gasteiger partial charge in [0.1, 0.15) is 17.5 Å². The summed E-state index contributed by atoms with van der Waals surface area (Å²) in [6.45, 7) is 3.56. The van der Waals surface area contributed by atoms with Gasteiger partial charge < -0.3 is 10.2 Å². The molecular formula is C21H19BrFN3O. The van der Waals surface area contributed by atoms with Crippen molar-refractivity contribution in [2.24, 2.45) is 0 Å². The van der Waals surface area contributed by atoms with E-state index >= 15 is 0 Å². The lowest BCUT2D eigenvalue weighted by Gasteiger charge is -2.19. The van der Waals surface area contributed by atoms with E-state index in [1.54, 1.807) is 30.3 Å². The second kappa shape index (κ2) is 8.36. The molecule has 3 rings (SSSR count). The van der Waals surface area contributed by atoms with Crippen LogP contribution in [0.25, 0.3) is 6.08 Å². The first-order chi connectivity index (χ1) is 13.0. The third-order valence-electron chi connectivity index (χ3n) is 4.55. The van der Waals surface area contributed by atoms with E-state index in [1.807, 2.05) is 17.9 Å². The predicted octanol–water partition coefficient (Wildman–Crippen LogP) is 5.04. The van der Waals surface area contributed by atoms with E-state index in [9.17, 15) is 14.4 Å². The van der Waals surface area contributed by atoms with Gasteiger partial charge in [0.05, 0.1) is 5.69 Å². The molecule has 0 atom stereocenters. The topological polar surface area (TPSA) is 56.1 Å². The summed E-state index contributed by atoms with van der Waals surface area (Å²) in [6.07, 6.45) is 3.56. The molecule has 27 heavy (non-hydrogen) atoms. The van der Waals surface area contributed by atoms with Crippen molar-refractivity contribution < 1.29 is 9.18 Å². The molecule has 1 fully saturated rings. The first-order valence-corrected chi connectivity index (χ1v) is 9.51. The van der Waals surface area contributed by atoms with Gasteiger partial charge in [-0.25, -0.2) is 4.39 Å². The molecule has 2 aromatic rings. The Hall–Kier alpha value is -2.65. The number of carbonyl (C=O) groups excluding carboxylic acids is 1. The molecule has 6 heteroatoms. The van der Waals surface area contributed by atoms with Crippen LogP contribution in [0.4, 0.5) is 15.8 Å². The minimum Gasteiger partial charge on any atom is -0.369 e. The molecule has 4 nitrogen and oxygen atoms in total. The lowest BCUT2D eigenvalue weighted by atomic mass is 10.0. The largest absolute Gasteiger partial charge is 0.369 e. The van der Waals surface area contributed by atoms with Gasteiger partial charge in [0.15, 0.2) is 0 Å². The van der Waals surface area contributed by atoms with Crippen molar-refractivity contribution in [1.82, 2.24) is 0 Å². The molecule has 2 aromatic carbocycles. The number of halogens is 2. The molecule has 0 saturated carbocycles. The molecular weight excluding hydrogens is 409 g/mol. The van der Waals surface area contributed by atoms with Gasteiger partial charge in [0.2, 0.25) is 0 Å². The highest BCUT2D eigenvalue weighted by Gasteiger charge is 2.18. The normalized spacial score (nSPS) is 14.1. The van der Waals surface area contributed by atoms with Crippen LogP contribution in [-0.4, -0.2) is 19.0 Å². The van der Waals surface area contributed by atoms with Crippen molar-refractivity contribution in [3.8, 4) is 6.07 Å². The summed E-state index contributed by atoms with van der Waals surface area (Å²) in [4.78, 5) is 14.4. The van der Waals surface area contributed by atoms with Gasteiger partial charge in [0, 0.05) is 23.2 Å². The lowest BCUT2D eigenvalue weighted by Crippen LogP contribution is -2.19. The second-order valence-corrected chi connectivity index (χ2v) is 7.40. The molecule has 0 radical (unpaired) electrons. The molecule has 1 N–H and O–H groups in total. The molecule has 1 heterocycles. The van der Waals surface area contributed by atoms with Crippen molar-refractivity contribution in [1.29, 1.82) is 5.26 Å². The zero-order valence-corrected chi connectivity index (χ0v) is 16.5. The van der Waals surface area contributed by atoms with Crippen molar-refractivity contribution in [2.45, 2.75) is 19.8 Å². The number of nitrogens with one attached hydrogen (secondary N) is 1. The molecule has 138 valence electrons. The molecule has 0 unspecified atom stereocenters. The van der Waals surface area contributed by atoms with E-state index < -0.39 is 5.91 Å². The van der Waals surface area contributed by atoms with E-state index in [4.69, 9.17) is 0 Å². The molecule has 0 aliphatic carbocycles. The van der Waals surface area contributed by atoms with Crippen LogP contribution in [0.3, 0.4) is 0 Å². The highest BCUT2D eigenvalue weighted by atomic mass is 79.9. The van der Waals surface area contributed by atoms with E-state index in [0.717, 1.165) is 36.0 Å². The average molecular weight is 428 g/mol. The zero-order valence-electron chi connectivity index (χ0n) is 14.9. The van der Waals surface area contributed by atoms with Gasteiger partial charge >= 0.3 is 0 Å². The van der Waals surface area contributed by atoms with Gasteiger partial charge in [-0.2, -0.15) is 5.26 Å². The van der Waals surface area contributed by atoms with Crippen LogP contribution in [-0.2, 0) is 4.79 Å². The predicted molar refractivity (Wildman–Crippen MR) is 109 cm³/mol. The van der Waals surface area contributed by atoms with Gasteiger partial charge in [0.25, 0.3) is 5.91 Å². The molecule has 0 spiro atoms. The number of nitrogens with zero attached hydrogens (tertiary/aromatic N) is 2. The third-order valence-corrected chi connectivity index (χ3v) is 5.08. The Kier molecular flexibility index (Phi) is 5.92. The minimum atomic E-state index is -0.525. The van der Waals surface area contributed by atoms with Crippen LogP contribution in [0.2, 0.25) is 0 Å². The maximum absolute atomic E-state index is 14.6. The van der Waals surface area contributed by atoms with Crippen LogP contribution < -0.4 is 10.2 Å². The number of aryl methyl sites for hydroxylation is 1. The van der Waals surface area contributed by atoms with Crippen LogP contribution in [0.5, 0.6) is 0 Å². The van der Waals surface area contributed by atoms with E-state index in [-0.39, 0.29) is 11.4 Å². The number of rotatable bonds is 4. The first kappa shape index (κ1) is 19.1. The van der Waals surface area contributed by atoms with Gasteiger partial charge in [-0.05, 0) is 73.4 Å². The van der Waals surface area contributed by atoms with Crippen molar-refractivity contribution in [3.63, 3.8) is 0 Å². The molecule has 1 aliphatic heterocycles. The fourth-order valence-electron chi connectivity index (χ4n) is 3.07. The number of nitriles is 1. The molecule has 1 aliphatic rings. The van der Waals surface area contributed by atoms with Crippen LogP contribution >= 0.6 is 15.9 Å². The number of amides is 1. The Morgan fingerprint density at radius 3 is 2.56 bits per heavy atom. The molecule has 1 saturated heterocycles. The van der Waals surface area contributed by atoms with Crippen molar-refractivity contribution >= 4 is 39.3 Å². The fraction of sp³-hybridized carbons (Fsp3) is 0.238. The van der Waals surface area contributed by atoms with Crippen LogP contribution in [0.15, 0.2) is 46.4 Å². The lowest BCUT2D eigenvalue weighted by molar-refractivity contribution is -0.112. The third kappa shape index (κ3) is 4.55. The highest BCUT2D eigenvalue weighted by Crippen LogP contribution is 2.28. The standard InChI is InChI=1S/C21H19BrFN3O/c1-14-10-20(26-8-2-3-9-26)19(23)12-15(14)11-16(13-24)21(27)25-18-6-4-17(22)5-7-18/h4-7,10-12H,2-3,8-9H2,1H3,(H,25,27)/b16-11-. The average Bonchev–Trinajstić information content (AvgIpc) is 3.18. The maximum atomic E-state index is 14.6. The number of anilines is 2. The Bertz CT molecular complexity index is 926. The summed E-state index contributed by atoms with van der Waals surface area (Å²) in [5.74, 6) is -0.859. The summed E-state index contributed by atoms with van der Waals surface area (Å²) in [7, 11) is 0. The van der Waals surface area contributed by atoms with Crippen LogP contribution in [0, 0.1) is 24.1 Å². The number of carbonyl (C=O) groups is 1. The van der Waals surface area contributed by atoms with Crippen LogP contribution in [0.1, 0.15) is 24.0 Å². The Labute approximate surface area is 166 Å². The summed E-state index contributed by atoms with van der Waals surface area (Å²) in [6, 6.07) is 12.1. The second-order valence-electron chi connectivity index (χ2n) is 6.49. The Balaban J connectivity index is 1.84. The number of hydrogen-bond acceptors (Lipinski definition) is 3. The summed E-state index contributed by atoms with van der Waals surface area (Å²) in [5.41, 5.74) is 2.44. The summed E-state index contributed by atoms with van der Waals surface area (Å²) < 4.78 is 15.5. The molecule has 0 bridgehead atoms. The molecule has 0 aromatic heterocycles.